The van der Waals surface area contributed by atoms with Crippen LogP contribution in [0.15, 0.2) is 24.3 Å². The van der Waals surface area contributed by atoms with Crippen molar-refractivity contribution in [3.63, 3.8) is 0 Å². The predicted octanol–water partition coefficient (Wildman–Crippen LogP) is 4.56. The van der Waals surface area contributed by atoms with Crippen molar-refractivity contribution in [3.05, 3.63) is 34.9 Å². The van der Waals surface area contributed by atoms with Crippen molar-refractivity contribution in [2.24, 2.45) is 11.8 Å². The van der Waals surface area contributed by atoms with Crippen LogP contribution in [-0.2, 0) is 0 Å². The van der Waals surface area contributed by atoms with Gasteiger partial charge in [-0.25, -0.2) is 4.79 Å². The van der Waals surface area contributed by atoms with Gasteiger partial charge in [0, 0.05) is 30.6 Å². The topological polar surface area (TPSA) is 56.1 Å². The number of nitrogens with zero attached hydrogens (tertiary/aromatic N) is 2. The molecule has 134 valence electrons. The molecule has 0 unspecified atom stereocenters. The number of nitrogens with one attached hydrogen (secondary N) is 1. The monoisotopic (exact) mass is 359 g/mol. The Morgan fingerprint density at radius 2 is 1.92 bits per heavy atom. The lowest BCUT2D eigenvalue weighted by atomic mass is 9.83. The van der Waals surface area contributed by atoms with Gasteiger partial charge >= 0.3 is 6.03 Å². The second-order valence-electron chi connectivity index (χ2n) is 7.35. The number of piperidine rings is 1. The van der Waals surface area contributed by atoms with Gasteiger partial charge in [-0.2, -0.15) is 5.26 Å². The van der Waals surface area contributed by atoms with Crippen LogP contribution in [0.3, 0.4) is 0 Å². The molecule has 5 heteroatoms. The number of carbonyl (C=O) groups is 1. The van der Waals surface area contributed by atoms with Crippen LogP contribution in [0.25, 0.3) is 0 Å². The van der Waals surface area contributed by atoms with E-state index >= 15 is 0 Å². The highest BCUT2D eigenvalue weighted by Crippen LogP contribution is 2.30. The summed E-state index contributed by atoms with van der Waals surface area (Å²) < 4.78 is 0. The summed E-state index contributed by atoms with van der Waals surface area (Å²) >= 11 is 6.08. The lowest BCUT2D eigenvalue weighted by Gasteiger charge is -2.33. The van der Waals surface area contributed by atoms with Crippen LogP contribution in [0.4, 0.5) is 4.79 Å². The molecule has 1 saturated carbocycles. The number of carbonyl (C=O) groups excluding carboxylic acids is 1. The number of urea groups is 1. The van der Waals surface area contributed by atoms with E-state index in [0.717, 1.165) is 63.2 Å². The average Bonchev–Trinajstić information content (AvgIpc) is 2.66. The zero-order valence-electron chi connectivity index (χ0n) is 14.6. The second kappa shape index (κ2) is 8.58. The molecule has 25 heavy (non-hydrogen) atoms. The summed E-state index contributed by atoms with van der Waals surface area (Å²) in [6, 6.07) is 10.5. The maximum atomic E-state index is 12.4. The van der Waals surface area contributed by atoms with Gasteiger partial charge in [-0.05, 0) is 68.1 Å². The van der Waals surface area contributed by atoms with E-state index in [9.17, 15) is 4.79 Å². The second-order valence-corrected chi connectivity index (χ2v) is 7.79. The zero-order chi connectivity index (χ0) is 17.6. The number of hydrogen-bond donors (Lipinski definition) is 1. The van der Waals surface area contributed by atoms with Crippen LogP contribution in [-0.4, -0.2) is 30.6 Å². The SMILES string of the molecule is N#CC1CCC(CNC(=O)N2CCC(c3cccc(Cl)c3)CC2)CC1. The first-order valence-corrected chi connectivity index (χ1v) is 9.71. The summed E-state index contributed by atoms with van der Waals surface area (Å²) in [5.74, 6) is 1.24. The minimum atomic E-state index is 0.0620. The third-order valence-corrected chi connectivity index (χ3v) is 5.91. The minimum Gasteiger partial charge on any atom is -0.338 e. The average molecular weight is 360 g/mol. The summed E-state index contributed by atoms with van der Waals surface area (Å²) in [4.78, 5) is 14.3. The zero-order valence-corrected chi connectivity index (χ0v) is 15.3. The molecule has 1 N–H and O–H groups in total. The minimum absolute atomic E-state index is 0.0620. The molecule has 0 spiro atoms. The molecule has 0 radical (unpaired) electrons. The first-order chi connectivity index (χ1) is 12.2. The van der Waals surface area contributed by atoms with Gasteiger partial charge in [0.2, 0.25) is 0 Å². The fraction of sp³-hybridized carbons (Fsp3) is 0.600. The van der Waals surface area contributed by atoms with Crippen molar-refractivity contribution in [3.8, 4) is 6.07 Å². The van der Waals surface area contributed by atoms with E-state index in [4.69, 9.17) is 16.9 Å². The molecule has 4 nitrogen and oxygen atoms in total. The summed E-state index contributed by atoms with van der Waals surface area (Å²) in [6.45, 7) is 2.33. The Balaban J connectivity index is 1.41. The largest absolute Gasteiger partial charge is 0.338 e. The molecule has 1 aromatic carbocycles. The van der Waals surface area contributed by atoms with Gasteiger partial charge < -0.3 is 10.2 Å². The van der Waals surface area contributed by atoms with E-state index in [0.29, 0.717) is 11.8 Å². The van der Waals surface area contributed by atoms with Crippen molar-refractivity contribution in [2.75, 3.05) is 19.6 Å². The smallest absolute Gasteiger partial charge is 0.317 e. The van der Waals surface area contributed by atoms with Crippen molar-refractivity contribution < 1.29 is 4.79 Å². The Morgan fingerprint density at radius 3 is 2.56 bits per heavy atom. The highest BCUT2D eigenvalue weighted by molar-refractivity contribution is 6.30. The highest BCUT2D eigenvalue weighted by Gasteiger charge is 2.25. The summed E-state index contributed by atoms with van der Waals surface area (Å²) in [5.41, 5.74) is 1.28. The van der Waals surface area contributed by atoms with Gasteiger partial charge in [0.15, 0.2) is 0 Å². The van der Waals surface area contributed by atoms with Gasteiger partial charge in [-0.1, -0.05) is 23.7 Å². The number of rotatable bonds is 3. The van der Waals surface area contributed by atoms with Crippen LogP contribution >= 0.6 is 11.6 Å². The first kappa shape index (κ1) is 18.1. The lowest BCUT2D eigenvalue weighted by Crippen LogP contribution is -2.45. The Morgan fingerprint density at radius 1 is 1.20 bits per heavy atom. The van der Waals surface area contributed by atoms with Crippen LogP contribution in [0.5, 0.6) is 0 Å². The highest BCUT2D eigenvalue weighted by atomic mass is 35.5. The van der Waals surface area contributed by atoms with E-state index in [1.54, 1.807) is 0 Å². The molecular weight excluding hydrogens is 334 g/mol. The number of amides is 2. The van der Waals surface area contributed by atoms with Gasteiger partial charge in [0.05, 0.1) is 6.07 Å². The molecule has 2 aliphatic rings. The van der Waals surface area contributed by atoms with Crippen LogP contribution in [0.2, 0.25) is 5.02 Å². The number of hydrogen-bond acceptors (Lipinski definition) is 2. The number of likely N-dealkylation sites (tertiary alicyclic amines) is 1. The van der Waals surface area contributed by atoms with Crippen LogP contribution in [0, 0.1) is 23.2 Å². The molecule has 0 aromatic heterocycles. The molecule has 0 bridgehead atoms. The normalized spacial score (nSPS) is 24.6. The van der Waals surface area contributed by atoms with E-state index in [1.165, 1.54) is 5.56 Å². The summed E-state index contributed by atoms with van der Waals surface area (Å²) in [5, 5.41) is 12.8. The molecule has 1 saturated heterocycles. The number of halogens is 1. The molecular formula is C20H26ClN3O. The maximum Gasteiger partial charge on any atom is 0.317 e. The van der Waals surface area contributed by atoms with Crippen molar-refractivity contribution in [1.29, 1.82) is 5.26 Å². The third kappa shape index (κ3) is 4.89. The molecule has 3 rings (SSSR count). The molecule has 1 aromatic rings. The van der Waals surface area contributed by atoms with Crippen molar-refractivity contribution >= 4 is 17.6 Å². The fourth-order valence-corrected chi connectivity index (χ4v) is 4.21. The van der Waals surface area contributed by atoms with Gasteiger partial charge in [-0.3, -0.25) is 0 Å². The molecule has 2 amide bonds. The Bertz CT molecular complexity index is 626. The van der Waals surface area contributed by atoms with Crippen LogP contribution < -0.4 is 5.32 Å². The van der Waals surface area contributed by atoms with Gasteiger partial charge in [0.25, 0.3) is 0 Å². The molecule has 1 aliphatic carbocycles. The van der Waals surface area contributed by atoms with Crippen molar-refractivity contribution in [1.82, 2.24) is 10.2 Å². The molecule has 1 aliphatic heterocycles. The standard InChI is InChI=1S/C20H26ClN3O/c21-19-3-1-2-18(12-19)17-8-10-24(11-9-17)20(25)23-14-16-6-4-15(13-22)5-7-16/h1-3,12,15-17H,4-11,14H2,(H,23,25). The third-order valence-electron chi connectivity index (χ3n) is 5.67. The predicted molar refractivity (Wildman–Crippen MR) is 99.5 cm³/mol. The van der Waals surface area contributed by atoms with Crippen molar-refractivity contribution in [2.45, 2.75) is 44.4 Å². The van der Waals surface area contributed by atoms with Crippen LogP contribution in [0.1, 0.15) is 50.0 Å². The summed E-state index contributed by atoms with van der Waals surface area (Å²) in [6.07, 6.45) is 6.02. The Labute approximate surface area is 155 Å². The number of nitriles is 1. The van der Waals surface area contributed by atoms with E-state index in [1.807, 2.05) is 23.1 Å². The fourth-order valence-electron chi connectivity index (χ4n) is 4.02. The maximum absolute atomic E-state index is 12.4. The molecule has 1 heterocycles. The molecule has 2 fully saturated rings. The quantitative estimate of drug-likeness (QED) is 0.860. The first-order valence-electron chi connectivity index (χ1n) is 9.33. The van der Waals surface area contributed by atoms with E-state index in [-0.39, 0.29) is 11.9 Å². The van der Waals surface area contributed by atoms with Gasteiger partial charge in [0.1, 0.15) is 0 Å². The number of benzene rings is 1. The Hall–Kier alpha value is -1.73. The molecule has 0 atom stereocenters. The lowest BCUT2D eigenvalue weighted by molar-refractivity contribution is 0.177. The van der Waals surface area contributed by atoms with Gasteiger partial charge in [-0.15, -0.1) is 0 Å². The van der Waals surface area contributed by atoms with E-state index < -0.39 is 0 Å². The Kier molecular flexibility index (Phi) is 6.20. The van der Waals surface area contributed by atoms with E-state index in [2.05, 4.69) is 17.5 Å². The summed E-state index contributed by atoms with van der Waals surface area (Å²) in [7, 11) is 0.